The number of aryl methyl sites for hydroxylation is 1. The molecular weight excluding hydrogens is 294 g/mol. The molecule has 23 heavy (non-hydrogen) atoms. The molecule has 2 aromatic rings. The van der Waals surface area contributed by atoms with E-state index in [0.717, 1.165) is 12.0 Å². The lowest BCUT2D eigenvalue weighted by Crippen LogP contribution is -2.32. The molecule has 0 radical (unpaired) electrons. The van der Waals surface area contributed by atoms with E-state index in [9.17, 15) is 9.59 Å². The quantitative estimate of drug-likeness (QED) is 0.857. The third kappa shape index (κ3) is 4.67. The van der Waals surface area contributed by atoms with Gasteiger partial charge in [0.05, 0.1) is 5.69 Å². The molecule has 0 saturated carbocycles. The second-order valence-corrected chi connectivity index (χ2v) is 5.50. The van der Waals surface area contributed by atoms with Crippen molar-refractivity contribution in [3.8, 4) is 0 Å². The van der Waals surface area contributed by atoms with E-state index in [0.29, 0.717) is 17.8 Å². The molecule has 6 heteroatoms. The smallest absolute Gasteiger partial charge is 0.290 e. The van der Waals surface area contributed by atoms with E-state index >= 15 is 0 Å². The molecule has 2 amide bonds. The van der Waals surface area contributed by atoms with Gasteiger partial charge >= 0.3 is 0 Å². The summed E-state index contributed by atoms with van der Waals surface area (Å²) < 4.78 is 4.91. The lowest BCUT2D eigenvalue weighted by molar-refractivity contribution is 0.0912. The van der Waals surface area contributed by atoms with E-state index in [2.05, 4.69) is 15.8 Å². The van der Waals surface area contributed by atoms with Crippen molar-refractivity contribution in [3.05, 3.63) is 52.9 Å². The maximum atomic E-state index is 12.1. The number of amides is 2. The summed E-state index contributed by atoms with van der Waals surface area (Å²) in [6.07, 6.45) is 0.873. The number of hydrogen-bond acceptors (Lipinski definition) is 4. The Balaban J connectivity index is 1.97. The van der Waals surface area contributed by atoms with Crippen molar-refractivity contribution >= 4 is 11.8 Å². The molecule has 0 spiro atoms. The Morgan fingerprint density at radius 3 is 2.70 bits per heavy atom. The monoisotopic (exact) mass is 315 g/mol. The zero-order valence-electron chi connectivity index (χ0n) is 13.6. The summed E-state index contributed by atoms with van der Waals surface area (Å²) in [5.74, 6) is -0.272. The van der Waals surface area contributed by atoms with E-state index in [1.165, 1.54) is 0 Å². The van der Waals surface area contributed by atoms with Gasteiger partial charge in [-0.25, -0.2) is 0 Å². The molecule has 1 aromatic heterocycles. The van der Waals surface area contributed by atoms with Crippen LogP contribution in [0.1, 0.15) is 52.4 Å². The molecule has 2 N–H and O–H groups in total. The van der Waals surface area contributed by atoms with Crippen LogP contribution < -0.4 is 10.6 Å². The van der Waals surface area contributed by atoms with Crippen LogP contribution in [-0.2, 0) is 6.54 Å². The normalized spacial score (nSPS) is 11.8. The van der Waals surface area contributed by atoms with Crippen molar-refractivity contribution in [2.45, 2.75) is 39.8 Å². The molecule has 1 heterocycles. The molecule has 1 aromatic carbocycles. The standard InChI is InChI=1S/C17H21N3O3/c1-4-11(2)19-16(21)14-7-5-6-13(9-14)10-18-17(22)15-8-12(3)20-23-15/h5-9,11H,4,10H2,1-3H3,(H,18,22)(H,19,21)/t11-/m1/s1. The lowest BCUT2D eigenvalue weighted by atomic mass is 10.1. The highest BCUT2D eigenvalue weighted by Gasteiger charge is 2.12. The van der Waals surface area contributed by atoms with Crippen LogP contribution in [0.5, 0.6) is 0 Å². The van der Waals surface area contributed by atoms with E-state index in [1.807, 2.05) is 19.9 Å². The van der Waals surface area contributed by atoms with E-state index in [-0.39, 0.29) is 23.6 Å². The summed E-state index contributed by atoms with van der Waals surface area (Å²) in [6, 6.07) is 8.87. The Morgan fingerprint density at radius 1 is 1.26 bits per heavy atom. The van der Waals surface area contributed by atoms with Crippen LogP contribution in [0.4, 0.5) is 0 Å². The molecule has 0 aliphatic rings. The van der Waals surface area contributed by atoms with Gasteiger partial charge in [-0.2, -0.15) is 0 Å². The van der Waals surface area contributed by atoms with Crippen LogP contribution in [0.2, 0.25) is 0 Å². The van der Waals surface area contributed by atoms with E-state index < -0.39 is 0 Å². The molecule has 0 aliphatic heterocycles. The highest BCUT2D eigenvalue weighted by Crippen LogP contribution is 2.07. The summed E-state index contributed by atoms with van der Waals surface area (Å²) >= 11 is 0. The van der Waals surface area contributed by atoms with Crippen LogP contribution in [0.25, 0.3) is 0 Å². The maximum absolute atomic E-state index is 12.1. The zero-order valence-corrected chi connectivity index (χ0v) is 13.6. The summed E-state index contributed by atoms with van der Waals surface area (Å²) in [5, 5.41) is 9.34. The van der Waals surface area contributed by atoms with Crippen LogP contribution in [0, 0.1) is 6.92 Å². The van der Waals surface area contributed by atoms with Gasteiger partial charge in [-0.05, 0) is 38.0 Å². The average Bonchev–Trinajstić information content (AvgIpc) is 2.99. The van der Waals surface area contributed by atoms with Crippen molar-refractivity contribution in [1.29, 1.82) is 0 Å². The molecule has 2 rings (SSSR count). The first-order valence-electron chi connectivity index (χ1n) is 7.61. The summed E-state index contributed by atoms with van der Waals surface area (Å²) in [6.45, 7) is 6.03. The minimum Gasteiger partial charge on any atom is -0.351 e. The van der Waals surface area contributed by atoms with Crippen molar-refractivity contribution < 1.29 is 14.1 Å². The Bertz CT molecular complexity index is 694. The van der Waals surface area contributed by atoms with Gasteiger partial charge in [0.25, 0.3) is 11.8 Å². The number of carbonyl (C=O) groups is 2. The summed E-state index contributed by atoms with van der Waals surface area (Å²) in [7, 11) is 0. The van der Waals surface area contributed by atoms with Gasteiger partial charge in [0.1, 0.15) is 0 Å². The fraction of sp³-hybridized carbons (Fsp3) is 0.353. The second kappa shape index (κ2) is 7.58. The van der Waals surface area contributed by atoms with Crippen LogP contribution in [0.15, 0.2) is 34.9 Å². The van der Waals surface area contributed by atoms with E-state index in [1.54, 1.807) is 31.2 Å². The molecule has 122 valence electrons. The van der Waals surface area contributed by atoms with Gasteiger partial charge in [0.15, 0.2) is 0 Å². The fourth-order valence-electron chi connectivity index (χ4n) is 1.97. The number of benzene rings is 1. The summed E-state index contributed by atoms with van der Waals surface area (Å²) in [5.41, 5.74) is 2.07. The molecule has 0 unspecified atom stereocenters. The third-order valence-electron chi connectivity index (χ3n) is 3.48. The van der Waals surface area contributed by atoms with E-state index in [4.69, 9.17) is 4.52 Å². The SMILES string of the molecule is CC[C@@H](C)NC(=O)c1cccc(CNC(=O)c2cc(C)no2)c1. The lowest BCUT2D eigenvalue weighted by Gasteiger charge is -2.12. The number of hydrogen-bond donors (Lipinski definition) is 2. The predicted octanol–water partition coefficient (Wildman–Crippen LogP) is 2.44. The van der Waals surface area contributed by atoms with Gasteiger partial charge in [-0.15, -0.1) is 0 Å². The molecular formula is C17H21N3O3. The third-order valence-corrected chi connectivity index (χ3v) is 3.48. The molecule has 0 saturated heterocycles. The number of nitrogens with zero attached hydrogens (tertiary/aromatic N) is 1. The highest BCUT2D eigenvalue weighted by molar-refractivity contribution is 5.94. The topological polar surface area (TPSA) is 84.2 Å². The molecule has 0 aliphatic carbocycles. The highest BCUT2D eigenvalue weighted by atomic mass is 16.5. The number of carbonyl (C=O) groups excluding carboxylic acids is 2. The fourth-order valence-corrected chi connectivity index (χ4v) is 1.97. The second-order valence-electron chi connectivity index (χ2n) is 5.50. The Labute approximate surface area is 135 Å². The Hall–Kier alpha value is -2.63. The number of aromatic nitrogens is 1. The number of rotatable bonds is 6. The first-order valence-corrected chi connectivity index (χ1v) is 7.61. The van der Waals surface area contributed by atoms with Gasteiger partial charge in [0.2, 0.25) is 5.76 Å². The Kier molecular flexibility index (Phi) is 5.51. The minimum absolute atomic E-state index is 0.113. The number of nitrogens with one attached hydrogen (secondary N) is 2. The Morgan fingerprint density at radius 2 is 2.04 bits per heavy atom. The molecule has 0 bridgehead atoms. The van der Waals surface area contributed by atoms with Crippen molar-refractivity contribution in [2.75, 3.05) is 0 Å². The van der Waals surface area contributed by atoms with Crippen LogP contribution in [0.3, 0.4) is 0 Å². The van der Waals surface area contributed by atoms with Crippen LogP contribution in [-0.4, -0.2) is 23.0 Å². The molecule has 1 atom stereocenters. The van der Waals surface area contributed by atoms with Crippen molar-refractivity contribution in [2.24, 2.45) is 0 Å². The summed E-state index contributed by atoms with van der Waals surface area (Å²) in [4.78, 5) is 24.0. The first-order chi connectivity index (χ1) is 11.0. The van der Waals surface area contributed by atoms with Gasteiger partial charge in [0, 0.05) is 24.2 Å². The average molecular weight is 315 g/mol. The molecule has 0 fully saturated rings. The largest absolute Gasteiger partial charge is 0.351 e. The maximum Gasteiger partial charge on any atom is 0.290 e. The van der Waals surface area contributed by atoms with Crippen molar-refractivity contribution in [3.63, 3.8) is 0 Å². The predicted molar refractivity (Wildman–Crippen MR) is 86.1 cm³/mol. The van der Waals surface area contributed by atoms with Gasteiger partial charge in [-0.3, -0.25) is 9.59 Å². The molecule has 6 nitrogen and oxygen atoms in total. The van der Waals surface area contributed by atoms with Gasteiger partial charge in [-0.1, -0.05) is 24.2 Å². The first kappa shape index (κ1) is 16.7. The van der Waals surface area contributed by atoms with Crippen molar-refractivity contribution in [1.82, 2.24) is 15.8 Å². The van der Waals surface area contributed by atoms with Crippen LogP contribution >= 0.6 is 0 Å². The minimum atomic E-state index is -0.333. The zero-order chi connectivity index (χ0) is 16.8. The van der Waals surface area contributed by atoms with Gasteiger partial charge < -0.3 is 15.2 Å².